The van der Waals surface area contributed by atoms with Gasteiger partial charge in [-0.15, -0.1) is 0 Å². The van der Waals surface area contributed by atoms with Gasteiger partial charge < -0.3 is 4.74 Å². The first-order valence-electron chi connectivity index (χ1n) is 12.1. The molecule has 0 saturated heterocycles. The summed E-state index contributed by atoms with van der Waals surface area (Å²) in [6, 6.07) is 22.1. The Kier molecular flexibility index (Phi) is 6.09. The first-order valence-corrected chi connectivity index (χ1v) is 18.1. The molecule has 3 aromatic carbocycles. The Morgan fingerprint density at radius 3 is 2.12 bits per heavy atom. The second kappa shape index (κ2) is 8.45. The van der Waals surface area contributed by atoms with E-state index in [2.05, 4.69) is 127 Å². The van der Waals surface area contributed by atoms with Gasteiger partial charge in [0.1, 0.15) is 19.6 Å². The van der Waals surface area contributed by atoms with Gasteiger partial charge in [-0.2, -0.15) is 0 Å². The summed E-state index contributed by atoms with van der Waals surface area (Å²) in [6.07, 6.45) is 5.68. The van der Waals surface area contributed by atoms with Crippen LogP contribution in [0.4, 0.5) is 0 Å². The number of rotatable bonds is 5. The molecule has 0 aliphatic heterocycles. The van der Waals surface area contributed by atoms with Gasteiger partial charge in [0.05, 0.1) is 8.07 Å². The van der Waals surface area contributed by atoms with Crippen molar-refractivity contribution in [2.75, 3.05) is 0 Å². The lowest BCUT2D eigenvalue weighted by molar-refractivity contribution is 0.489. The van der Waals surface area contributed by atoms with Crippen LogP contribution in [0.2, 0.25) is 31.2 Å². The molecule has 0 fully saturated rings. The average Bonchev–Trinajstić information content (AvgIpc) is 3.23. The zero-order valence-electron chi connectivity index (χ0n) is 21.5. The molecule has 0 N–H and O–H groups in total. The van der Waals surface area contributed by atoms with E-state index in [-0.39, 0.29) is 5.04 Å². The lowest BCUT2D eigenvalue weighted by Crippen LogP contribution is -2.58. The van der Waals surface area contributed by atoms with Crippen molar-refractivity contribution in [1.29, 1.82) is 0 Å². The number of ether oxygens (including phenoxy) is 1. The Hall–Kier alpha value is -2.37. The van der Waals surface area contributed by atoms with Crippen molar-refractivity contribution >= 4 is 37.8 Å². The van der Waals surface area contributed by atoms with Crippen LogP contribution >= 0.6 is 0 Å². The molecule has 0 atom stereocenters. The third-order valence-corrected chi connectivity index (χ3v) is 16.9. The topological polar surface area (TPSA) is 9.23 Å². The fourth-order valence-electron chi connectivity index (χ4n) is 4.80. The Bertz CT molecular complexity index is 1200. The number of hydrogen-bond donors (Lipinski definition) is 0. The second-order valence-electron chi connectivity index (χ2n) is 11.6. The van der Waals surface area contributed by atoms with Crippen LogP contribution in [0.5, 0.6) is 11.5 Å². The molecule has 3 aromatic rings. The molecule has 3 heteroatoms. The van der Waals surface area contributed by atoms with Gasteiger partial charge in [0, 0.05) is 0 Å². The summed E-state index contributed by atoms with van der Waals surface area (Å²) in [5.41, 5.74) is 4.24. The number of benzene rings is 3. The predicted molar refractivity (Wildman–Crippen MR) is 150 cm³/mol. The molecule has 0 saturated carbocycles. The van der Waals surface area contributed by atoms with E-state index in [9.17, 15) is 0 Å². The number of para-hydroxylation sites is 1. The highest BCUT2D eigenvalue weighted by molar-refractivity contribution is 7.02. The molecule has 0 spiro atoms. The summed E-state index contributed by atoms with van der Waals surface area (Å²) in [5, 5.41) is 4.59. The van der Waals surface area contributed by atoms with Crippen molar-refractivity contribution in [2.45, 2.75) is 65.3 Å². The molecule has 172 valence electrons. The monoisotopic (exact) mass is 470 g/mol. The van der Waals surface area contributed by atoms with Gasteiger partial charge in [-0.1, -0.05) is 113 Å². The van der Waals surface area contributed by atoms with Gasteiger partial charge in [-0.3, -0.25) is 0 Å². The van der Waals surface area contributed by atoms with Gasteiger partial charge in [0.15, 0.2) is 0 Å². The number of aryl methyl sites for hydroxylation is 1. The zero-order valence-corrected chi connectivity index (χ0v) is 23.5. The smallest absolute Gasteiger partial charge is 0.127 e. The molecule has 4 rings (SSSR count). The minimum Gasteiger partial charge on any atom is -0.458 e. The van der Waals surface area contributed by atoms with E-state index < -0.39 is 16.1 Å². The predicted octanol–water partition coefficient (Wildman–Crippen LogP) is 6.89. The molecule has 1 nitrogen and oxygen atoms in total. The number of fused-ring (bicyclic) bond motifs is 1. The minimum absolute atomic E-state index is 0.218. The maximum atomic E-state index is 6.86. The van der Waals surface area contributed by atoms with E-state index in [0.717, 1.165) is 17.9 Å². The third kappa shape index (κ3) is 4.29. The van der Waals surface area contributed by atoms with Gasteiger partial charge in [-0.25, -0.2) is 0 Å². The highest BCUT2D eigenvalue weighted by Gasteiger charge is 2.42. The van der Waals surface area contributed by atoms with Gasteiger partial charge >= 0.3 is 0 Å². The van der Waals surface area contributed by atoms with Crippen molar-refractivity contribution in [3.05, 3.63) is 83.4 Å². The van der Waals surface area contributed by atoms with Gasteiger partial charge in [0.25, 0.3) is 0 Å². The maximum Gasteiger partial charge on any atom is 0.127 e. The average molecular weight is 471 g/mol. The van der Waals surface area contributed by atoms with E-state index in [1.54, 1.807) is 0 Å². The SMILES string of the molecule is Cc1cc([Si](C)(C)c2cccc3c2C=CC3)c(Oc2ccccc2)c([Si](C)(C)C(C)(C)C)c1. The van der Waals surface area contributed by atoms with Crippen LogP contribution in [0.3, 0.4) is 0 Å². The van der Waals surface area contributed by atoms with E-state index in [4.69, 9.17) is 4.74 Å². The van der Waals surface area contributed by atoms with E-state index >= 15 is 0 Å². The van der Waals surface area contributed by atoms with Crippen LogP contribution in [0, 0.1) is 6.92 Å². The molecular formula is C30H38OSi2. The Labute approximate surface area is 202 Å². The molecule has 0 amide bonds. The fraction of sp³-hybridized carbons (Fsp3) is 0.333. The normalized spacial score (nSPS) is 13.8. The number of allylic oxidation sites excluding steroid dienone is 1. The molecule has 1 aliphatic rings. The quantitative estimate of drug-likeness (QED) is 0.369. The molecule has 1 aliphatic carbocycles. The van der Waals surface area contributed by atoms with Crippen molar-refractivity contribution < 1.29 is 4.74 Å². The second-order valence-corrected chi connectivity index (χ2v) is 21.2. The van der Waals surface area contributed by atoms with Crippen molar-refractivity contribution in [3.8, 4) is 11.5 Å². The molecular weight excluding hydrogens is 433 g/mol. The highest BCUT2D eigenvalue weighted by atomic mass is 28.3. The molecule has 0 bridgehead atoms. The standard InChI is InChI=1S/C30H38OSi2/c1-22-20-27(32(5,6)26-19-13-15-23-14-12-18-25(23)26)29(31-24-16-10-9-11-17-24)28(21-22)33(7,8)30(2,3)4/h9-13,15-21H,14H2,1-8H3. The third-order valence-electron chi connectivity index (χ3n) is 7.91. The molecule has 0 heterocycles. The summed E-state index contributed by atoms with van der Waals surface area (Å²) in [7, 11) is -3.92. The first kappa shape index (κ1) is 23.8. The fourth-order valence-corrected chi connectivity index (χ4v) is 10.1. The molecule has 0 unspecified atom stereocenters. The van der Waals surface area contributed by atoms with Crippen molar-refractivity contribution in [2.24, 2.45) is 0 Å². The summed E-state index contributed by atoms with van der Waals surface area (Å²) < 4.78 is 6.86. The molecule has 33 heavy (non-hydrogen) atoms. The minimum atomic E-state index is -2.07. The van der Waals surface area contributed by atoms with Crippen LogP contribution in [0.25, 0.3) is 6.08 Å². The number of hydrogen-bond acceptors (Lipinski definition) is 1. The Balaban J connectivity index is 2.00. The van der Waals surface area contributed by atoms with Crippen LogP contribution < -0.4 is 20.3 Å². The van der Waals surface area contributed by atoms with E-state index in [0.29, 0.717) is 0 Å². The summed E-state index contributed by atoms with van der Waals surface area (Å²) in [5.74, 6) is 2.04. The van der Waals surface area contributed by atoms with Crippen LogP contribution in [0.1, 0.15) is 37.5 Å². The summed E-state index contributed by atoms with van der Waals surface area (Å²) >= 11 is 0. The zero-order chi connectivity index (χ0) is 24.0. The largest absolute Gasteiger partial charge is 0.458 e. The maximum absolute atomic E-state index is 6.86. The molecule has 0 radical (unpaired) electrons. The van der Waals surface area contributed by atoms with Gasteiger partial charge in [0.2, 0.25) is 0 Å². The molecule has 0 aromatic heterocycles. The summed E-state index contributed by atoms with van der Waals surface area (Å²) in [6.45, 7) is 19.4. The Morgan fingerprint density at radius 1 is 0.788 bits per heavy atom. The lowest BCUT2D eigenvalue weighted by Gasteiger charge is -2.40. The van der Waals surface area contributed by atoms with E-state index in [1.807, 2.05) is 0 Å². The Morgan fingerprint density at radius 2 is 1.45 bits per heavy atom. The highest BCUT2D eigenvalue weighted by Crippen LogP contribution is 2.38. The van der Waals surface area contributed by atoms with Crippen LogP contribution in [0.15, 0.2) is 66.7 Å². The van der Waals surface area contributed by atoms with E-state index in [1.165, 1.54) is 32.3 Å². The van der Waals surface area contributed by atoms with Crippen LogP contribution in [-0.2, 0) is 6.42 Å². The summed E-state index contributed by atoms with van der Waals surface area (Å²) in [4.78, 5) is 0. The first-order chi connectivity index (χ1) is 15.4. The van der Waals surface area contributed by atoms with Crippen molar-refractivity contribution in [1.82, 2.24) is 0 Å². The lowest BCUT2D eigenvalue weighted by atomic mass is 10.1. The van der Waals surface area contributed by atoms with Crippen LogP contribution in [-0.4, -0.2) is 16.1 Å². The van der Waals surface area contributed by atoms with Gasteiger partial charge in [-0.05, 0) is 57.2 Å². The van der Waals surface area contributed by atoms with Crippen molar-refractivity contribution in [3.63, 3.8) is 0 Å².